The number of nitrogens with zero attached hydrogens (tertiary/aromatic N) is 1. The average Bonchev–Trinajstić information content (AvgIpc) is 2.46. The molecule has 1 aromatic carbocycles. The highest BCUT2D eigenvalue weighted by Crippen LogP contribution is 2.26. The lowest BCUT2D eigenvalue weighted by Gasteiger charge is -2.15. The zero-order valence-corrected chi connectivity index (χ0v) is 12.1. The van der Waals surface area contributed by atoms with Crippen molar-refractivity contribution in [3.8, 4) is 5.75 Å². The SMILES string of the molecule is CCC(CC)COc1ccc([N+](=O)[O-])cc1/C=C/C(=O)O. The quantitative estimate of drug-likeness (QED) is 0.450. The second kappa shape index (κ2) is 8.04. The van der Waals surface area contributed by atoms with E-state index in [1.165, 1.54) is 24.3 Å². The first kappa shape index (κ1) is 16.7. The van der Waals surface area contributed by atoms with Gasteiger partial charge in [0.15, 0.2) is 0 Å². The molecule has 0 saturated carbocycles. The maximum atomic E-state index is 10.8. The van der Waals surface area contributed by atoms with Gasteiger partial charge >= 0.3 is 5.97 Å². The summed E-state index contributed by atoms with van der Waals surface area (Å²) in [6.07, 6.45) is 4.19. The molecule has 0 aliphatic carbocycles. The average molecular weight is 293 g/mol. The van der Waals surface area contributed by atoms with E-state index in [-0.39, 0.29) is 5.69 Å². The molecule has 0 heterocycles. The van der Waals surface area contributed by atoms with Gasteiger partial charge in [-0.2, -0.15) is 0 Å². The summed E-state index contributed by atoms with van der Waals surface area (Å²) >= 11 is 0. The molecule has 1 rings (SSSR count). The molecule has 6 heteroatoms. The zero-order chi connectivity index (χ0) is 15.8. The summed E-state index contributed by atoms with van der Waals surface area (Å²) in [5.74, 6) is -0.269. The lowest BCUT2D eigenvalue weighted by molar-refractivity contribution is -0.384. The molecule has 0 fully saturated rings. The lowest BCUT2D eigenvalue weighted by Crippen LogP contribution is -2.10. The molecule has 0 aromatic heterocycles. The van der Waals surface area contributed by atoms with Crippen molar-refractivity contribution >= 4 is 17.7 Å². The molecule has 0 bridgehead atoms. The number of hydrogen-bond acceptors (Lipinski definition) is 4. The molecule has 0 spiro atoms. The number of carboxylic acid groups (broad SMARTS) is 1. The molecule has 0 aliphatic rings. The van der Waals surface area contributed by atoms with Crippen molar-refractivity contribution in [1.29, 1.82) is 0 Å². The molecule has 0 amide bonds. The highest BCUT2D eigenvalue weighted by molar-refractivity contribution is 5.86. The molecule has 0 unspecified atom stereocenters. The predicted molar refractivity (Wildman–Crippen MR) is 79.3 cm³/mol. The Hall–Kier alpha value is -2.37. The molecule has 0 atom stereocenters. The van der Waals surface area contributed by atoms with Crippen LogP contribution >= 0.6 is 0 Å². The first-order chi connectivity index (χ1) is 9.97. The first-order valence-electron chi connectivity index (χ1n) is 6.80. The van der Waals surface area contributed by atoms with Crippen LogP contribution in [0.25, 0.3) is 6.08 Å². The number of hydrogen-bond donors (Lipinski definition) is 1. The Kier molecular flexibility index (Phi) is 6.39. The van der Waals surface area contributed by atoms with Gasteiger partial charge in [0.1, 0.15) is 5.75 Å². The van der Waals surface area contributed by atoms with Crippen molar-refractivity contribution in [2.45, 2.75) is 26.7 Å². The molecule has 0 radical (unpaired) electrons. The Morgan fingerprint density at radius 1 is 1.43 bits per heavy atom. The van der Waals surface area contributed by atoms with Crippen molar-refractivity contribution in [2.24, 2.45) is 5.92 Å². The fraction of sp³-hybridized carbons (Fsp3) is 0.400. The van der Waals surface area contributed by atoms with E-state index in [0.717, 1.165) is 18.9 Å². The number of carboxylic acids is 1. The van der Waals surface area contributed by atoms with Crippen molar-refractivity contribution in [2.75, 3.05) is 6.61 Å². The van der Waals surface area contributed by atoms with Gasteiger partial charge in [-0.15, -0.1) is 0 Å². The number of aliphatic carboxylic acids is 1. The van der Waals surface area contributed by atoms with Crippen LogP contribution in [0, 0.1) is 16.0 Å². The summed E-state index contributed by atoms with van der Waals surface area (Å²) in [6.45, 7) is 4.63. The molecule has 0 saturated heterocycles. The molecule has 6 nitrogen and oxygen atoms in total. The Labute approximate surface area is 123 Å². The molecular weight excluding hydrogens is 274 g/mol. The molecule has 1 N–H and O–H groups in total. The van der Waals surface area contributed by atoms with Gasteiger partial charge in [0, 0.05) is 23.8 Å². The fourth-order valence-electron chi connectivity index (χ4n) is 1.80. The van der Waals surface area contributed by atoms with Gasteiger partial charge in [-0.05, 0) is 18.1 Å². The fourth-order valence-corrected chi connectivity index (χ4v) is 1.80. The Balaban J connectivity index is 3.00. The van der Waals surface area contributed by atoms with E-state index < -0.39 is 10.9 Å². The van der Waals surface area contributed by atoms with Gasteiger partial charge in [0.25, 0.3) is 5.69 Å². The zero-order valence-electron chi connectivity index (χ0n) is 12.1. The van der Waals surface area contributed by atoms with Crippen LogP contribution in [0.1, 0.15) is 32.3 Å². The third kappa shape index (κ3) is 5.25. The van der Waals surface area contributed by atoms with Crippen LogP contribution in [-0.2, 0) is 4.79 Å². The molecule has 114 valence electrons. The Bertz CT molecular complexity index is 535. The summed E-state index contributed by atoms with van der Waals surface area (Å²) in [7, 11) is 0. The van der Waals surface area contributed by atoms with Gasteiger partial charge in [-0.1, -0.05) is 26.7 Å². The standard InChI is InChI=1S/C15H19NO5/c1-3-11(4-2)10-21-14-7-6-13(16(19)20)9-12(14)5-8-15(17)18/h5-9,11H,3-4,10H2,1-2H3,(H,17,18)/b8-5+. The molecular formula is C15H19NO5. The minimum Gasteiger partial charge on any atom is -0.493 e. The van der Waals surface area contributed by atoms with E-state index in [9.17, 15) is 14.9 Å². The van der Waals surface area contributed by atoms with Gasteiger partial charge in [-0.3, -0.25) is 10.1 Å². The van der Waals surface area contributed by atoms with Crippen molar-refractivity contribution in [3.63, 3.8) is 0 Å². The predicted octanol–water partition coefficient (Wildman–Crippen LogP) is 3.51. The van der Waals surface area contributed by atoms with Gasteiger partial charge in [-0.25, -0.2) is 4.79 Å². The monoisotopic (exact) mass is 293 g/mol. The van der Waals surface area contributed by atoms with Gasteiger partial charge in [0.05, 0.1) is 11.5 Å². The molecule has 0 aliphatic heterocycles. The minimum absolute atomic E-state index is 0.102. The van der Waals surface area contributed by atoms with Crippen LogP contribution in [0.5, 0.6) is 5.75 Å². The van der Waals surface area contributed by atoms with Crippen molar-refractivity contribution < 1.29 is 19.6 Å². The number of ether oxygens (including phenoxy) is 1. The third-order valence-electron chi connectivity index (χ3n) is 3.24. The van der Waals surface area contributed by atoms with E-state index in [4.69, 9.17) is 9.84 Å². The van der Waals surface area contributed by atoms with Crippen LogP contribution in [-0.4, -0.2) is 22.6 Å². The summed E-state index contributed by atoms with van der Waals surface area (Å²) in [6, 6.07) is 4.16. The number of rotatable bonds is 8. The Morgan fingerprint density at radius 3 is 2.62 bits per heavy atom. The number of nitro benzene ring substituents is 1. The normalized spacial score (nSPS) is 11.0. The number of non-ortho nitro benzene ring substituents is 1. The van der Waals surface area contributed by atoms with Gasteiger partial charge in [0.2, 0.25) is 0 Å². The summed E-state index contributed by atoms with van der Waals surface area (Å²) < 4.78 is 5.68. The second-order valence-corrected chi connectivity index (χ2v) is 4.64. The van der Waals surface area contributed by atoms with E-state index in [1.54, 1.807) is 0 Å². The van der Waals surface area contributed by atoms with E-state index >= 15 is 0 Å². The van der Waals surface area contributed by atoms with Crippen LogP contribution in [0.2, 0.25) is 0 Å². The van der Waals surface area contributed by atoms with Gasteiger partial charge < -0.3 is 9.84 Å². The molecule has 1 aromatic rings. The number of benzene rings is 1. The van der Waals surface area contributed by atoms with Crippen molar-refractivity contribution in [1.82, 2.24) is 0 Å². The second-order valence-electron chi connectivity index (χ2n) is 4.64. The minimum atomic E-state index is -1.12. The van der Waals surface area contributed by atoms with Crippen LogP contribution in [0.3, 0.4) is 0 Å². The molecule has 21 heavy (non-hydrogen) atoms. The summed E-state index contributed by atoms with van der Waals surface area (Å²) in [4.78, 5) is 20.9. The maximum absolute atomic E-state index is 10.8. The largest absolute Gasteiger partial charge is 0.493 e. The highest BCUT2D eigenvalue weighted by Gasteiger charge is 2.12. The maximum Gasteiger partial charge on any atom is 0.328 e. The lowest BCUT2D eigenvalue weighted by atomic mass is 10.1. The van der Waals surface area contributed by atoms with E-state index in [1.807, 2.05) is 0 Å². The highest BCUT2D eigenvalue weighted by atomic mass is 16.6. The Morgan fingerprint density at radius 2 is 2.10 bits per heavy atom. The van der Waals surface area contributed by atoms with Crippen LogP contribution in [0.15, 0.2) is 24.3 Å². The van der Waals surface area contributed by atoms with E-state index in [0.29, 0.717) is 23.8 Å². The topological polar surface area (TPSA) is 89.7 Å². The third-order valence-corrected chi connectivity index (χ3v) is 3.24. The first-order valence-corrected chi connectivity index (χ1v) is 6.80. The number of carbonyl (C=O) groups is 1. The van der Waals surface area contributed by atoms with Crippen molar-refractivity contribution in [3.05, 3.63) is 40.0 Å². The van der Waals surface area contributed by atoms with E-state index in [2.05, 4.69) is 13.8 Å². The smallest absolute Gasteiger partial charge is 0.328 e. The van der Waals surface area contributed by atoms with Crippen LogP contribution < -0.4 is 4.74 Å². The van der Waals surface area contributed by atoms with Crippen LogP contribution in [0.4, 0.5) is 5.69 Å². The summed E-state index contributed by atoms with van der Waals surface area (Å²) in [5, 5.41) is 19.5. The number of nitro groups is 1. The summed E-state index contributed by atoms with van der Waals surface area (Å²) in [5.41, 5.74) is 0.285.